The minimum atomic E-state index is -0.306. The smallest absolute Gasteiger partial charge is 0.222 e. The zero-order valence-corrected chi connectivity index (χ0v) is 22.0. The van der Waals surface area contributed by atoms with Gasteiger partial charge in [-0.1, -0.05) is 102 Å². The number of likely N-dealkylation sites (tertiary alicyclic amines) is 1. The number of halogens is 1. The van der Waals surface area contributed by atoms with Gasteiger partial charge in [0.15, 0.2) is 5.58 Å². The highest BCUT2D eigenvalue weighted by Crippen LogP contribution is 2.33. The van der Waals surface area contributed by atoms with Crippen LogP contribution in [0, 0.1) is 5.82 Å². The Morgan fingerprint density at radius 1 is 0.886 bits per heavy atom. The summed E-state index contributed by atoms with van der Waals surface area (Å²) < 4.78 is 18.7. The van der Waals surface area contributed by atoms with E-state index in [-0.39, 0.29) is 11.7 Å². The first-order chi connectivity index (χ1) is 17.2. The number of rotatable bonds is 17. The molecule has 1 saturated heterocycles. The molecule has 1 aromatic heterocycles. The van der Waals surface area contributed by atoms with Crippen LogP contribution in [0.3, 0.4) is 0 Å². The molecule has 1 aliphatic rings. The molecule has 35 heavy (non-hydrogen) atoms. The van der Waals surface area contributed by atoms with Crippen LogP contribution >= 0.6 is 0 Å². The molecule has 0 saturated carbocycles. The van der Waals surface area contributed by atoms with Gasteiger partial charge < -0.3 is 9.42 Å². The second kappa shape index (κ2) is 16.0. The first kappa shape index (κ1) is 27.7. The molecule has 5 heteroatoms. The normalized spacial score (nSPS) is 14.7. The molecule has 0 bridgehead atoms. The molecule has 1 aromatic carbocycles. The van der Waals surface area contributed by atoms with Crippen LogP contribution in [0.5, 0.6) is 0 Å². The maximum absolute atomic E-state index is 13.4. The van der Waals surface area contributed by atoms with Crippen molar-refractivity contribution in [1.29, 1.82) is 0 Å². The Morgan fingerprint density at radius 2 is 1.43 bits per heavy atom. The van der Waals surface area contributed by atoms with Crippen molar-refractivity contribution in [3.63, 3.8) is 0 Å². The summed E-state index contributed by atoms with van der Waals surface area (Å²) in [6.45, 7) is 3.83. The van der Waals surface area contributed by atoms with E-state index in [1.807, 2.05) is 4.90 Å². The average molecular weight is 487 g/mol. The van der Waals surface area contributed by atoms with Crippen molar-refractivity contribution >= 4 is 16.9 Å². The standard InChI is InChI=1S/C30H47FN2O2/c1-2-3-4-5-6-7-8-9-10-11-12-13-14-15-16-17-29(34)33-22-20-25(21-23-33)30-27-19-18-26(31)24-28(27)35-32-30/h18-19,24-25H,2-17,20-23H2,1H3. The molecule has 0 atom stereocenters. The third-order valence-electron chi connectivity index (χ3n) is 7.69. The summed E-state index contributed by atoms with van der Waals surface area (Å²) in [5, 5.41) is 5.10. The number of nitrogens with zero attached hydrogens (tertiary/aromatic N) is 2. The number of fused-ring (bicyclic) bond motifs is 1. The van der Waals surface area contributed by atoms with E-state index in [1.54, 1.807) is 6.07 Å². The Kier molecular flexibility index (Phi) is 12.6. The molecule has 3 rings (SSSR count). The summed E-state index contributed by atoms with van der Waals surface area (Å²) in [7, 11) is 0. The van der Waals surface area contributed by atoms with Gasteiger partial charge in [0.05, 0.1) is 5.69 Å². The summed E-state index contributed by atoms with van der Waals surface area (Å²) in [6, 6.07) is 4.60. The van der Waals surface area contributed by atoms with E-state index in [9.17, 15) is 9.18 Å². The number of benzene rings is 1. The molecule has 0 N–H and O–H groups in total. The maximum Gasteiger partial charge on any atom is 0.222 e. The van der Waals surface area contributed by atoms with E-state index < -0.39 is 0 Å². The Labute approximate surface area is 212 Å². The van der Waals surface area contributed by atoms with E-state index in [2.05, 4.69) is 12.1 Å². The van der Waals surface area contributed by atoms with Gasteiger partial charge in [0.2, 0.25) is 5.91 Å². The van der Waals surface area contributed by atoms with Crippen molar-refractivity contribution in [3.8, 4) is 0 Å². The number of carbonyl (C=O) groups is 1. The molecule has 1 aliphatic heterocycles. The molecule has 196 valence electrons. The number of aromatic nitrogens is 1. The minimum Gasteiger partial charge on any atom is -0.356 e. The van der Waals surface area contributed by atoms with Gasteiger partial charge in [0, 0.05) is 36.9 Å². The Balaban J connectivity index is 1.16. The molecule has 2 heterocycles. The van der Waals surface area contributed by atoms with Gasteiger partial charge in [-0.2, -0.15) is 0 Å². The van der Waals surface area contributed by atoms with Crippen LogP contribution in [-0.4, -0.2) is 29.1 Å². The van der Waals surface area contributed by atoms with E-state index in [0.717, 1.165) is 43.4 Å². The Morgan fingerprint density at radius 3 is 2.00 bits per heavy atom. The fraction of sp³-hybridized carbons (Fsp3) is 0.733. The van der Waals surface area contributed by atoms with Gasteiger partial charge in [0.1, 0.15) is 5.82 Å². The van der Waals surface area contributed by atoms with Gasteiger partial charge in [-0.3, -0.25) is 4.79 Å². The van der Waals surface area contributed by atoms with Crippen LogP contribution in [0.1, 0.15) is 134 Å². The first-order valence-corrected chi connectivity index (χ1v) is 14.5. The van der Waals surface area contributed by atoms with E-state index >= 15 is 0 Å². The lowest BCUT2D eigenvalue weighted by Crippen LogP contribution is -2.37. The SMILES string of the molecule is CCCCCCCCCCCCCCCCCC(=O)N1CCC(c2noc3cc(F)ccc23)CC1. The predicted octanol–water partition coefficient (Wildman–Crippen LogP) is 8.93. The lowest BCUT2D eigenvalue weighted by molar-refractivity contribution is -0.132. The number of carbonyl (C=O) groups excluding carboxylic acids is 1. The summed E-state index contributed by atoms with van der Waals surface area (Å²) in [4.78, 5) is 14.6. The van der Waals surface area contributed by atoms with Gasteiger partial charge in [-0.15, -0.1) is 0 Å². The molecule has 0 radical (unpaired) electrons. The number of unbranched alkanes of at least 4 members (excludes halogenated alkanes) is 14. The van der Waals surface area contributed by atoms with Crippen LogP contribution in [0.25, 0.3) is 11.0 Å². The van der Waals surface area contributed by atoms with Crippen molar-refractivity contribution in [1.82, 2.24) is 10.1 Å². The van der Waals surface area contributed by atoms with E-state index in [4.69, 9.17) is 4.52 Å². The summed E-state index contributed by atoms with van der Waals surface area (Å²) >= 11 is 0. The van der Waals surface area contributed by atoms with Crippen LogP contribution in [0.4, 0.5) is 4.39 Å². The molecular weight excluding hydrogens is 439 g/mol. The molecule has 0 aliphatic carbocycles. The average Bonchev–Trinajstić information content (AvgIpc) is 3.29. The zero-order valence-electron chi connectivity index (χ0n) is 22.0. The van der Waals surface area contributed by atoms with Gasteiger partial charge >= 0.3 is 0 Å². The summed E-state index contributed by atoms with van der Waals surface area (Å²) in [5.41, 5.74) is 1.42. The third kappa shape index (κ3) is 9.57. The van der Waals surface area contributed by atoms with Crippen LogP contribution in [0.2, 0.25) is 0 Å². The molecular formula is C30H47FN2O2. The van der Waals surface area contributed by atoms with E-state index in [0.29, 0.717) is 17.9 Å². The largest absolute Gasteiger partial charge is 0.356 e. The maximum atomic E-state index is 13.4. The molecule has 4 nitrogen and oxygen atoms in total. The van der Waals surface area contributed by atoms with Crippen molar-refractivity contribution in [2.45, 2.75) is 128 Å². The molecule has 1 amide bonds. The number of piperidine rings is 1. The predicted molar refractivity (Wildman–Crippen MR) is 142 cm³/mol. The van der Waals surface area contributed by atoms with Crippen molar-refractivity contribution in [3.05, 3.63) is 29.7 Å². The van der Waals surface area contributed by atoms with Gasteiger partial charge in [0.25, 0.3) is 0 Å². The Bertz CT molecular complexity index is 857. The van der Waals surface area contributed by atoms with Crippen LogP contribution in [0.15, 0.2) is 22.7 Å². The Hall–Kier alpha value is -1.91. The minimum absolute atomic E-state index is 0.275. The fourth-order valence-corrected chi connectivity index (χ4v) is 5.43. The summed E-state index contributed by atoms with van der Waals surface area (Å²) in [6.07, 6.45) is 22.6. The summed E-state index contributed by atoms with van der Waals surface area (Å²) in [5.74, 6) is 0.265. The van der Waals surface area contributed by atoms with Crippen molar-refractivity contribution in [2.24, 2.45) is 0 Å². The van der Waals surface area contributed by atoms with Crippen LogP contribution in [-0.2, 0) is 4.79 Å². The lowest BCUT2D eigenvalue weighted by Gasteiger charge is -2.31. The molecule has 0 spiro atoms. The van der Waals surface area contributed by atoms with Crippen molar-refractivity contribution in [2.75, 3.05) is 13.1 Å². The highest BCUT2D eigenvalue weighted by Gasteiger charge is 2.27. The first-order valence-electron chi connectivity index (χ1n) is 14.5. The van der Waals surface area contributed by atoms with Crippen molar-refractivity contribution < 1.29 is 13.7 Å². The van der Waals surface area contributed by atoms with Gasteiger partial charge in [-0.25, -0.2) is 4.39 Å². The monoisotopic (exact) mass is 486 g/mol. The van der Waals surface area contributed by atoms with Crippen LogP contribution < -0.4 is 0 Å². The highest BCUT2D eigenvalue weighted by molar-refractivity contribution is 5.80. The molecule has 1 fully saturated rings. The molecule has 2 aromatic rings. The third-order valence-corrected chi connectivity index (χ3v) is 7.69. The second-order valence-corrected chi connectivity index (χ2v) is 10.6. The fourth-order valence-electron chi connectivity index (χ4n) is 5.43. The number of hydrogen-bond donors (Lipinski definition) is 0. The second-order valence-electron chi connectivity index (χ2n) is 10.6. The topological polar surface area (TPSA) is 46.3 Å². The zero-order chi connectivity index (χ0) is 24.7. The number of amides is 1. The van der Waals surface area contributed by atoms with E-state index in [1.165, 1.54) is 102 Å². The highest BCUT2D eigenvalue weighted by atomic mass is 19.1. The quantitative estimate of drug-likeness (QED) is 0.210. The lowest BCUT2D eigenvalue weighted by atomic mass is 9.91. The number of hydrogen-bond acceptors (Lipinski definition) is 3. The van der Waals surface area contributed by atoms with Gasteiger partial charge in [-0.05, 0) is 31.4 Å². The molecule has 0 unspecified atom stereocenters.